The van der Waals surface area contributed by atoms with E-state index in [0.717, 1.165) is 5.57 Å². The van der Waals surface area contributed by atoms with E-state index in [2.05, 4.69) is 22.0 Å². The highest BCUT2D eigenvalue weighted by Gasteiger charge is 2.35. The number of fused-ring (bicyclic) bond motifs is 1. The molecule has 0 aliphatic carbocycles. The van der Waals surface area contributed by atoms with Crippen molar-refractivity contribution in [3.05, 3.63) is 71.7 Å². The number of rotatable bonds is 7. The highest BCUT2D eigenvalue weighted by molar-refractivity contribution is 6.31. The van der Waals surface area contributed by atoms with Gasteiger partial charge >= 0.3 is 0 Å². The molecule has 0 aromatic carbocycles. The molecule has 0 unspecified atom stereocenters. The Kier molecular flexibility index (Phi) is 7.07. The van der Waals surface area contributed by atoms with Crippen LogP contribution in [0.15, 0.2) is 61.0 Å². The lowest BCUT2D eigenvalue weighted by atomic mass is 10.1. The van der Waals surface area contributed by atoms with Crippen molar-refractivity contribution >= 4 is 23.3 Å². The van der Waals surface area contributed by atoms with Gasteiger partial charge < -0.3 is 4.74 Å². The van der Waals surface area contributed by atoms with Gasteiger partial charge in [-0.25, -0.2) is 4.98 Å². The molecule has 1 amide bonds. The molecule has 2 aromatic rings. The number of carbonyl (C=O) groups is 1. The highest BCUT2D eigenvalue weighted by atomic mass is 35.5. The van der Waals surface area contributed by atoms with Crippen LogP contribution in [0.1, 0.15) is 19.5 Å². The van der Waals surface area contributed by atoms with Crippen LogP contribution < -0.4 is 15.0 Å². The van der Waals surface area contributed by atoms with Gasteiger partial charge in [0, 0.05) is 26.0 Å². The number of aromatic nitrogens is 3. The second kappa shape index (κ2) is 9.73. The minimum atomic E-state index is -0.566. The fourth-order valence-corrected chi connectivity index (χ4v) is 3.39. The number of halogens is 1. The summed E-state index contributed by atoms with van der Waals surface area (Å²) in [6.07, 6.45) is 10.8. The number of carbonyl (C=O) groups excluding carboxylic acids is 1. The van der Waals surface area contributed by atoms with Crippen molar-refractivity contribution in [3.63, 3.8) is 0 Å². The molecule has 0 spiro atoms. The van der Waals surface area contributed by atoms with Crippen molar-refractivity contribution in [2.45, 2.75) is 39.1 Å². The molecule has 1 N–H and O–H groups in total. The van der Waals surface area contributed by atoms with Crippen LogP contribution >= 0.6 is 11.6 Å². The maximum atomic E-state index is 13.0. The zero-order chi connectivity index (χ0) is 21.7. The number of hydrogen-bond acceptors (Lipinski definition) is 5. The molecule has 3 rings (SSSR count). The normalized spacial score (nSPS) is 19.2. The van der Waals surface area contributed by atoms with Crippen LogP contribution in [-0.4, -0.2) is 39.9 Å². The van der Waals surface area contributed by atoms with E-state index in [9.17, 15) is 4.79 Å². The van der Waals surface area contributed by atoms with Gasteiger partial charge in [0.25, 0.3) is 0 Å². The number of nitrogens with one attached hydrogen (secondary N) is 1. The Labute approximate surface area is 181 Å². The maximum absolute atomic E-state index is 13.0. The van der Waals surface area contributed by atoms with Gasteiger partial charge in [0.2, 0.25) is 5.91 Å². The minimum Gasteiger partial charge on any atom is -0.485 e. The first-order valence-electron chi connectivity index (χ1n) is 9.72. The SMILES string of the molecule is C=C(/C=C\C=C/C)Cn1cc(Cl)c(CN[C@@H]2C(=O)N(C)c3ncccc3O[C@@H]2C)n1. The van der Waals surface area contributed by atoms with Gasteiger partial charge in [-0.15, -0.1) is 0 Å². The zero-order valence-corrected chi connectivity index (χ0v) is 18.1. The van der Waals surface area contributed by atoms with E-state index in [0.29, 0.717) is 35.4 Å². The van der Waals surface area contributed by atoms with Crippen molar-refractivity contribution in [1.29, 1.82) is 0 Å². The van der Waals surface area contributed by atoms with Gasteiger partial charge in [-0.3, -0.25) is 19.7 Å². The third-order valence-electron chi connectivity index (χ3n) is 4.72. The fourth-order valence-electron chi connectivity index (χ4n) is 3.17. The summed E-state index contributed by atoms with van der Waals surface area (Å²) in [6, 6.07) is 3.02. The summed E-state index contributed by atoms with van der Waals surface area (Å²) in [6.45, 7) is 8.69. The summed E-state index contributed by atoms with van der Waals surface area (Å²) in [5.74, 6) is 0.959. The van der Waals surface area contributed by atoms with E-state index < -0.39 is 6.04 Å². The molecule has 7 nitrogen and oxygen atoms in total. The first kappa shape index (κ1) is 21.8. The first-order chi connectivity index (χ1) is 14.4. The highest BCUT2D eigenvalue weighted by Crippen LogP contribution is 2.29. The molecular weight excluding hydrogens is 402 g/mol. The lowest BCUT2D eigenvalue weighted by Crippen LogP contribution is -2.51. The molecule has 0 saturated heterocycles. The summed E-state index contributed by atoms with van der Waals surface area (Å²) in [7, 11) is 1.69. The number of nitrogens with zero attached hydrogens (tertiary/aromatic N) is 4. The number of allylic oxidation sites excluding steroid dienone is 5. The van der Waals surface area contributed by atoms with Crippen LogP contribution in [0.4, 0.5) is 5.82 Å². The third kappa shape index (κ3) is 4.98. The Morgan fingerprint density at radius 2 is 2.23 bits per heavy atom. The van der Waals surface area contributed by atoms with Gasteiger partial charge in [-0.2, -0.15) is 5.10 Å². The molecule has 2 atom stereocenters. The van der Waals surface area contributed by atoms with Crippen molar-refractivity contribution in [2.75, 3.05) is 11.9 Å². The predicted octanol–water partition coefficient (Wildman–Crippen LogP) is 3.52. The maximum Gasteiger partial charge on any atom is 0.248 e. The number of amides is 1. The van der Waals surface area contributed by atoms with Crippen LogP contribution in [-0.2, 0) is 17.9 Å². The number of hydrogen-bond donors (Lipinski definition) is 1. The number of pyridine rings is 1. The summed E-state index contributed by atoms with van der Waals surface area (Å²) in [5.41, 5.74) is 1.56. The van der Waals surface area contributed by atoms with Gasteiger partial charge in [0.1, 0.15) is 12.1 Å². The molecule has 0 fully saturated rings. The van der Waals surface area contributed by atoms with Gasteiger partial charge in [0.15, 0.2) is 11.6 Å². The first-order valence-corrected chi connectivity index (χ1v) is 10.1. The summed E-state index contributed by atoms with van der Waals surface area (Å²) >= 11 is 6.36. The number of ether oxygens (including phenoxy) is 1. The number of likely N-dealkylation sites (N-methyl/N-ethyl adjacent to an activating group) is 1. The second-order valence-corrected chi connectivity index (χ2v) is 7.48. The minimum absolute atomic E-state index is 0.127. The molecule has 8 heteroatoms. The van der Waals surface area contributed by atoms with Crippen molar-refractivity contribution in [3.8, 4) is 5.75 Å². The zero-order valence-electron chi connectivity index (χ0n) is 17.4. The summed E-state index contributed by atoms with van der Waals surface area (Å²) < 4.78 is 7.70. The Hall–Kier alpha value is -2.90. The van der Waals surface area contributed by atoms with Crippen LogP contribution in [0, 0.1) is 0 Å². The molecule has 0 saturated carbocycles. The van der Waals surface area contributed by atoms with Gasteiger partial charge in [-0.05, 0) is 31.6 Å². The number of anilines is 1. The standard InChI is InChI=1S/C22H26ClN5O2/c1-5-6-7-9-15(2)13-28-14-17(23)18(26-28)12-25-20-16(3)30-19-10-8-11-24-21(19)27(4)22(20)29/h5-11,14,16,20,25H,2,12-13H2,1,3-4H3/b6-5-,9-7-/t16-,20+/m1/s1. The van der Waals surface area contributed by atoms with E-state index in [1.165, 1.54) is 4.90 Å². The van der Waals surface area contributed by atoms with Crippen LogP contribution in [0.5, 0.6) is 5.75 Å². The molecule has 0 radical (unpaired) electrons. The Balaban J connectivity index is 1.67. The molecule has 158 valence electrons. The molecule has 30 heavy (non-hydrogen) atoms. The molecule has 1 aliphatic rings. The van der Waals surface area contributed by atoms with Crippen LogP contribution in [0.2, 0.25) is 5.02 Å². The largest absolute Gasteiger partial charge is 0.485 e. The molecule has 2 aromatic heterocycles. The van der Waals surface area contributed by atoms with Crippen molar-refractivity contribution in [1.82, 2.24) is 20.1 Å². The third-order valence-corrected chi connectivity index (χ3v) is 5.04. The van der Waals surface area contributed by atoms with Crippen molar-refractivity contribution in [2.24, 2.45) is 0 Å². The summed E-state index contributed by atoms with van der Waals surface area (Å²) in [5, 5.41) is 8.30. The molecule has 0 bridgehead atoms. The smallest absolute Gasteiger partial charge is 0.248 e. The second-order valence-electron chi connectivity index (χ2n) is 7.07. The van der Waals surface area contributed by atoms with Crippen LogP contribution in [0.3, 0.4) is 0 Å². The lowest BCUT2D eigenvalue weighted by molar-refractivity contribution is -0.121. The molecule has 3 heterocycles. The quantitative estimate of drug-likeness (QED) is 0.684. The van der Waals surface area contributed by atoms with Crippen LogP contribution in [0.25, 0.3) is 0 Å². The van der Waals surface area contributed by atoms with E-state index >= 15 is 0 Å². The summed E-state index contributed by atoms with van der Waals surface area (Å²) in [4.78, 5) is 18.7. The molecular formula is C22H26ClN5O2. The topological polar surface area (TPSA) is 72.3 Å². The van der Waals surface area contributed by atoms with Gasteiger partial charge in [0.05, 0.1) is 17.3 Å². The lowest BCUT2D eigenvalue weighted by Gasteiger charge is -2.23. The van der Waals surface area contributed by atoms with Gasteiger partial charge in [-0.1, -0.05) is 42.5 Å². The molecule has 1 aliphatic heterocycles. The van der Waals surface area contributed by atoms with Crippen molar-refractivity contribution < 1.29 is 9.53 Å². The Bertz CT molecular complexity index is 982. The fraction of sp³-hybridized carbons (Fsp3) is 0.318. The van der Waals surface area contributed by atoms with E-state index in [1.807, 2.05) is 38.2 Å². The predicted molar refractivity (Wildman–Crippen MR) is 119 cm³/mol. The Morgan fingerprint density at radius 3 is 3.00 bits per heavy atom. The Morgan fingerprint density at radius 1 is 1.43 bits per heavy atom. The van der Waals surface area contributed by atoms with E-state index in [1.54, 1.807) is 36.3 Å². The monoisotopic (exact) mass is 427 g/mol. The van der Waals surface area contributed by atoms with E-state index in [4.69, 9.17) is 16.3 Å². The average molecular weight is 428 g/mol. The van der Waals surface area contributed by atoms with E-state index in [-0.39, 0.29) is 12.0 Å². The average Bonchev–Trinajstić information content (AvgIpc) is 3.02.